The molecule has 2 heterocycles. The third-order valence-electron chi connectivity index (χ3n) is 3.90. The molecule has 2 rings (SSSR count). The first-order valence-corrected chi connectivity index (χ1v) is 9.04. The molecule has 0 aliphatic carbocycles. The predicted octanol–water partition coefficient (Wildman–Crippen LogP) is 3.07. The van der Waals surface area contributed by atoms with Crippen molar-refractivity contribution in [1.29, 1.82) is 0 Å². The Hall–Kier alpha value is -0.650. The van der Waals surface area contributed by atoms with Gasteiger partial charge in [-0.3, -0.25) is 0 Å². The van der Waals surface area contributed by atoms with E-state index in [9.17, 15) is 0 Å². The van der Waals surface area contributed by atoms with Gasteiger partial charge in [-0.2, -0.15) is 0 Å². The van der Waals surface area contributed by atoms with Gasteiger partial charge in [-0.1, -0.05) is 20.3 Å². The van der Waals surface area contributed by atoms with E-state index in [0.717, 1.165) is 50.8 Å². The average Bonchev–Trinajstić information content (AvgIpc) is 2.90. The zero-order valence-electron chi connectivity index (χ0n) is 13.7. The third-order valence-corrected chi connectivity index (χ3v) is 5.11. The van der Waals surface area contributed by atoms with E-state index in [0.29, 0.717) is 5.92 Å². The number of hydrogen-bond acceptors (Lipinski definition) is 5. The summed E-state index contributed by atoms with van der Waals surface area (Å²) in [5, 5.41) is 4.59. The quantitative estimate of drug-likeness (QED) is 0.800. The van der Waals surface area contributed by atoms with Gasteiger partial charge in [-0.05, 0) is 31.7 Å². The molecule has 1 saturated heterocycles. The van der Waals surface area contributed by atoms with Crippen molar-refractivity contribution in [2.24, 2.45) is 5.92 Å². The molecule has 4 nitrogen and oxygen atoms in total. The first-order chi connectivity index (χ1) is 10.2. The van der Waals surface area contributed by atoms with Crippen LogP contribution in [0.1, 0.15) is 43.7 Å². The summed E-state index contributed by atoms with van der Waals surface area (Å²) in [6, 6.07) is 0. The van der Waals surface area contributed by atoms with Crippen molar-refractivity contribution in [3.05, 3.63) is 10.6 Å². The number of anilines is 1. The van der Waals surface area contributed by atoms with Crippen molar-refractivity contribution in [3.8, 4) is 0 Å². The van der Waals surface area contributed by atoms with Gasteiger partial charge in [0.25, 0.3) is 0 Å². The Kier molecular flexibility index (Phi) is 6.93. The number of thiazole rings is 1. The summed E-state index contributed by atoms with van der Waals surface area (Å²) < 4.78 is 5.59. The van der Waals surface area contributed by atoms with Crippen LogP contribution in [0.5, 0.6) is 0 Å². The highest BCUT2D eigenvalue weighted by Crippen LogP contribution is 2.28. The molecule has 0 spiro atoms. The maximum Gasteiger partial charge on any atom is 0.185 e. The predicted molar refractivity (Wildman–Crippen MR) is 90.3 cm³/mol. The Bertz CT molecular complexity index is 416. The fourth-order valence-corrected chi connectivity index (χ4v) is 3.80. The molecular weight excluding hydrogens is 282 g/mol. The highest BCUT2D eigenvalue weighted by molar-refractivity contribution is 7.15. The Morgan fingerprint density at radius 2 is 2.29 bits per heavy atom. The smallest absolute Gasteiger partial charge is 0.185 e. The van der Waals surface area contributed by atoms with Gasteiger partial charge in [0.05, 0.1) is 12.3 Å². The fourth-order valence-electron chi connectivity index (χ4n) is 2.76. The van der Waals surface area contributed by atoms with E-state index in [1.807, 2.05) is 11.3 Å². The number of aromatic nitrogens is 1. The van der Waals surface area contributed by atoms with Gasteiger partial charge < -0.3 is 15.0 Å². The maximum absolute atomic E-state index is 5.59. The Morgan fingerprint density at radius 3 is 2.95 bits per heavy atom. The summed E-state index contributed by atoms with van der Waals surface area (Å²) in [6.45, 7) is 9.22. The number of aryl methyl sites for hydroxylation is 1. The van der Waals surface area contributed by atoms with Gasteiger partial charge in [0.2, 0.25) is 0 Å². The van der Waals surface area contributed by atoms with Crippen molar-refractivity contribution in [2.75, 3.05) is 38.3 Å². The summed E-state index contributed by atoms with van der Waals surface area (Å²) in [4.78, 5) is 8.60. The lowest BCUT2D eigenvalue weighted by molar-refractivity contribution is 0.0576. The van der Waals surface area contributed by atoms with E-state index in [1.54, 1.807) is 0 Å². The number of rotatable bonds is 8. The minimum atomic E-state index is 0.652. The van der Waals surface area contributed by atoms with Gasteiger partial charge >= 0.3 is 0 Å². The highest BCUT2D eigenvalue weighted by atomic mass is 32.1. The molecule has 5 heteroatoms. The van der Waals surface area contributed by atoms with Gasteiger partial charge in [0.1, 0.15) is 0 Å². The zero-order chi connectivity index (χ0) is 15.1. The highest BCUT2D eigenvalue weighted by Gasteiger charge is 2.19. The second-order valence-electron chi connectivity index (χ2n) is 5.86. The van der Waals surface area contributed by atoms with E-state index in [-0.39, 0.29) is 0 Å². The first kappa shape index (κ1) is 16.7. The third kappa shape index (κ3) is 4.94. The maximum atomic E-state index is 5.59. The number of nitrogens with zero attached hydrogens (tertiary/aromatic N) is 2. The molecule has 1 aromatic rings. The van der Waals surface area contributed by atoms with E-state index < -0.39 is 0 Å². The normalized spacial score (nSPS) is 18.9. The Labute approximate surface area is 132 Å². The number of nitrogens with one attached hydrogen (secondary N) is 1. The molecule has 120 valence electrons. The molecule has 1 fully saturated rings. The minimum absolute atomic E-state index is 0.652. The van der Waals surface area contributed by atoms with Crippen molar-refractivity contribution < 1.29 is 4.74 Å². The van der Waals surface area contributed by atoms with Gasteiger partial charge in [0.15, 0.2) is 5.13 Å². The Balaban J connectivity index is 1.99. The van der Waals surface area contributed by atoms with E-state index in [2.05, 4.69) is 31.1 Å². The molecule has 1 N–H and O–H groups in total. The van der Waals surface area contributed by atoms with Crippen molar-refractivity contribution >= 4 is 16.5 Å². The molecule has 1 aliphatic rings. The minimum Gasteiger partial charge on any atom is -0.381 e. The molecule has 0 aromatic carbocycles. The van der Waals surface area contributed by atoms with Crippen LogP contribution in [-0.2, 0) is 17.7 Å². The van der Waals surface area contributed by atoms with Crippen LogP contribution in [0.4, 0.5) is 5.13 Å². The van der Waals surface area contributed by atoms with E-state index >= 15 is 0 Å². The van der Waals surface area contributed by atoms with Crippen molar-refractivity contribution in [1.82, 2.24) is 10.3 Å². The fraction of sp³-hybridized carbons (Fsp3) is 0.812. The van der Waals surface area contributed by atoms with Gasteiger partial charge in [-0.15, -0.1) is 11.3 Å². The topological polar surface area (TPSA) is 37.4 Å². The summed E-state index contributed by atoms with van der Waals surface area (Å²) in [5.74, 6) is 0.652. The molecular formula is C16H29N3OS. The lowest BCUT2D eigenvalue weighted by Gasteiger charge is -2.26. The molecule has 21 heavy (non-hydrogen) atoms. The number of ether oxygens (including phenoxy) is 1. The van der Waals surface area contributed by atoms with Gasteiger partial charge in [-0.25, -0.2) is 4.98 Å². The molecule has 0 radical (unpaired) electrons. The second-order valence-corrected chi connectivity index (χ2v) is 6.92. The van der Waals surface area contributed by atoms with Crippen LogP contribution in [0.25, 0.3) is 0 Å². The molecule has 0 amide bonds. The summed E-state index contributed by atoms with van der Waals surface area (Å²) in [5.41, 5.74) is 1.28. The van der Waals surface area contributed by atoms with Crippen LogP contribution in [0.15, 0.2) is 0 Å². The summed E-state index contributed by atoms with van der Waals surface area (Å²) in [7, 11) is 2.17. The Morgan fingerprint density at radius 1 is 1.43 bits per heavy atom. The van der Waals surface area contributed by atoms with E-state index in [1.165, 1.54) is 23.4 Å². The molecule has 0 saturated carbocycles. The second kappa shape index (κ2) is 8.71. The average molecular weight is 311 g/mol. The zero-order valence-corrected chi connectivity index (χ0v) is 14.5. The molecule has 1 atom stereocenters. The molecule has 0 bridgehead atoms. The summed E-state index contributed by atoms with van der Waals surface area (Å²) >= 11 is 1.85. The SMILES string of the molecule is CCCc1nc(N(C)CC2CCCOC2)sc1CNCC. The monoisotopic (exact) mass is 311 g/mol. The lowest BCUT2D eigenvalue weighted by Crippen LogP contribution is -2.30. The van der Waals surface area contributed by atoms with Crippen LogP contribution >= 0.6 is 11.3 Å². The summed E-state index contributed by atoms with van der Waals surface area (Å²) in [6.07, 6.45) is 4.71. The molecule has 1 aromatic heterocycles. The van der Waals surface area contributed by atoms with Crippen LogP contribution in [0, 0.1) is 5.92 Å². The van der Waals surface area contributed by atoms with Crippen molar-refractivity contribution in [2.45, 2.75) is 46.1 Å². The van der Waals surface area contributed by atoms with Crippen LogP contribution in [-0.4, -0.2) is 38.3 Å². The molecule has 1 aliphatic heterocycles. The van der Waals surface area contributed by atoms with E-state index in [4.69, 9.17) is 9.72 Å². The standard InChI is InChI=1S/C16H29N3OS/c1-4-7-14-15(10-17-5-2)21-16(18-14)19(3)11-13-8-6-9-20-12-13/h13,17H,4-12H2,1-3H3. The largest absolute Gasteiger partial charge is 0.381 e. The van der Waals surface area contributed by atoms with Crippen LogP contribution < -0.4 is 10.2 Å². The lowest BCUT2D eigenvalue weighted by atomic mass is 10.0. The van der Waals surface area contributed by atoms with Crippen LogP contribution in [0.2, 0.25) is 0 Å². The van der Waals surface area contributed by atoms with Crippen molar-refractivity contribution in [3.63, 3.8) is 0 Å². The van der Waals surface area contributed by atoms with Gasteiger partial charge in [0, 0.05) is 31.6 Å². The number of hydrogen-bond donors (Lipinski definition) is 1. The van der Waals surface area contributed by atoms with Crippen LogP contribution in [0.3, 0.4) is 0 Å². The molecule has 1 unspecified atom stereocenters. The first-order valence-electron chi connectivity index (χ1n) is 8.22.